The van der Waals surface area contributed by atoms with Crippen LogP contribution in [0.2, 0.25) is 0 Å². The third kappa shape index (κ3) is 4.51. The third-order valence-electron chi connectivity index (χ3n) is 5.45. The van der Waals surface area contributed by atoms with E-state index in [0.717, 1.165) is 26.1 Å². The van der Waals surface area contributed by atoms with E-state index in [-0.39, 0.29) is 11.5 Å². The van der Waals surface area contributed by atoms with Crippen LogP contribution in [0.1, 0.15) is 23.2 Å². The summed E-state index contributed by atoms with van der Waals surface area (Å²) in [6.45, 7) is 2.14. The van der Waals surface area contributed by atoms with E-state index in [4.69, 9.17) is 9.47 Å². The van der Waals surface area contributed by atoms with Gasteiger partial charge in [0.05, 0.1) is 24.4 Å². The van der Waals surface area contributed by atoms with E-state index in [1.807, 2.05) is 6.07 Å². The van der Waals surface area contributed by atoms with Crippen molar-refractivity contribution < 1.29 is 14.3 Å². The van der Waals surface area contributed by atoms with Gasteiger partial charge in [0.15, 0.2) is 5.82 Å². The number of amides is 1. The fraction of sp³-hybridized carbons (Fsp3) is 0.364. The summed E-state index contributed by atoms with van der Waals surface area (Å²) in [6, 6.07) is 6.78. The molecule has 1 fully saturated rings. The highest BCUT2D eigenvalue weighted by atomic mass is 16.5. The van der Waals surface area contributed by atoms with Crippen molar-refractivity contribution in [3.63, 3.8) is 0 Å². The first-order valence-electron chi connectivity index (χ1n) is 10.2. The molecule has 31 heavy (non-hydrogen) atoms. The molecule has 0 aromatic carbocycles. The Labute approximate surface area is 179 Å². The molecule has 9 nitrogen and oxygen atoms in total. The van der Waals surface area contributed by atoms with Gasteiger partial charge in [0.1, 0.15) is 0 Å². The summed E-state index contributed by atoms with van der Waals surface area (Å²) >= 11 is 0. The summed E-state index contributed by atoms with van der Waals surface area (Å²) in [6.07, 6.45) is 6.77. The molecular formula is C22H25N5O4. The first kappa shape index (κ1) is 20.8. The van der Waals surface area contributed by atoms with E-state index in [1.54, 1.807) is 31.6 Å². The number of rotatable bonds is 6. The molecule has 0 aliphatic carbocycles. The van der Waals surface area contributed by atoms with Gasteiger partial charge in [-0.25, -0.2) is 4.98 Å². The lowest BCUT2D eigenvalue weighted by atomic mass is 10.0. The molecule has 1 amide bonds. The Kier molecular flexibility index (Phi) is 6.13. The van der Waals surface area contributed by atoms with E-state index >= 15 is 0 Å². The average molecular weight is 423 g/mol. The number of hydrogen-bond acceptors (Lipinski definition) is 6. The fourth-order valence-electron chi connectivity index (χ4n) is 3.55. The Morgan fingerprint density at radius 1 is 1.26 bits per heavy atom. The molecule has 1 N–H and O–H groups in total. The number of nitrogens with one attached hydrogen (secondary N) is 1. The molecule has 1 aliphatic rings. The number of hydrogen-bond donors (Lipinski definition) is 1. The zero-order chi connectivity index (χ0) is 21.8. The van der Waals surface area contributed by atoms with Crippen molar-refractivity contribution in [1.82, 2.24) is 24.6 Å². The zero-order valence-electron chi connectivity index (χ0n) is 17.6. The third-order valence-corrected chi connectivity index (χ3v) is 5.45. The van der Waals surface area contributed by atoms with E-state index in [2.05, 4.69) is 15.4 Å². The van der Waals surface area contributed by atoms with Crippen molar-refractivity contribution in [2.45, 2.75) is 12.8 Å². The number of nitrogens with zero attached hydrogens (tertiary/aromatic N) is 4. The van der Waals surface area contributed by atoms with Crippen LogP contribution >= 0.6 is 0 Å². The lowest BCUT2D eigenvalue weighted by Crippen LogP contribution is -2.32. The van der Waals surface area contributed by atoms with Gasteiger partial charge in [-0.15, -0.1) is 0 Å². The second-order valence-corrected chi connectivity index (χ2v) is 7.51. The summed E-state index contributed by atoms with van der Waals surface area (Å²) in [4.78, 5) is 28.8. The van der Waals surface area contributed by atoms with Crippen LogP contribution in [-0.2, 0) is 11.8 Å². The second-order valence-electron chi connectivity index (χ2n) is 7.51. The van der Waals surface area contributed by atoms with E-state index in [9.17, 15) is 9.59 Å². The number of aryl methyl sites for hydroxylation is 1. The molecule has 0 bridgehead atoms. The average Bonchev–Trinajstić information content (AvgIpc) is 3.24. The number of carbonyl (C=O) groups is 1. The molecule has 1 aliphatic heterocycles. The molecule has 1 saturated heterocycles. The number of ether oxygens (including phenoxy) is 2. The van der Waals surface area contributed by atoms with Crippen molar-refractivity contribution >= 4 is 5.91 Å². The molecule has 4 rings (SSSR count). The minimum Gasteiger partial charge on any atom is -0.480 e. The predicted octanol–water partition coefficient (Wildman–Crippen LogP) is 1.80. The predicted molar refractivity (Wildman–Crippen MR) is 114 cm³/mol. The van der Waals surface area contributed by atoms with Crippen LogP contribution < -0.4 is 15.6 Å². The molecule has 0 atom stereocenters. The lowest BCUT2D eigenvalue weighted by molar-refractivity contribution is 0.0642. The molecule has 0 unspecified atom stereocenters. The van der Waals surface area contributed by atoms with E-state index < -0.39 is 0 Å². The van der Waals surface area contributed by atoms with Crippen LogP contribution in [0.25, 0.3) is 16.9 Å². The Bertz CT molecular complexity index is 1110. The molecule has 3 aromatic heterocycles. The van der Waals surface area contributed by atoms with E-state index in [1.165, 1.54) is 28.6 Å². The van der Waals surface area contributed by atoms with Crippen LogP contribution in [0.3, 0.4) is 0 Å². The maximum absolute atomic E-state index is 12.4. The maximum atomic E-state index is 12.4. The monoisotopic (exact) mass is 423 g/mol. The van der Waals surface area contributed by atoms with Crippen LogP contribution in [-0.4, -0.2) is 52.1 Å². The summed E-state index contributed by atoms with van der Waals surface area (Å²) in [5, 5.41) is 7.34. The van der Waals surface area contributed by atoms with Crippen molar-refractivity contribution in [3.05, 3.63) is 58.8 Å². The maximum Gasteiger partial charge on any atom is 0.252 e. The van der Waals surface area contributed by atoms with Gasteiger partial charge < -0.3 is 19.4 Å². The van der Waals surface area contributed by atoms with Crippen LogP contribution in [0.5, 0.6) is 5.88 Å². The quantitative estimate of drug-likeness (QED) is 0.649. The molecule has 0 spiro atoms. The van der Waals surface area contributed by atoms with Gasteiger partial charge in [0.2, 0.25) is 5.88 Å². The van der Waals surface area contributed by atoms with Gasteiger partial charge in [-0.05, 0) is 42.5 Å². The van der Waals surface area contributed by atoms with Gasteiger partial charge in [-0.3, -0.25) is 9.59 Å². The Hall–Kier alpha value is -3.46. The molecule has 0 saturated carbocycles. The molecular weight excluding hydrogens is 398 g/mol. The van der Waals surface area contributed by atoms with Gasteiger partial charge in [-0.2, -0.15) is 9.78 Å². The molecule has 0 radical (unpaired) electrons. The Morgan fingerprint density at radius 3 is 2.74 bits per heavy atom. The van der Waals surface area contributed by atoms with Crippen LogP contribution in [0.15, 0.2) is 47.7 Å². The largest absolute Gasteiger partial charge is 0.480 e. The molecule has 3 aromatic rings. The first-order valence-corrected chi connectivity index (χ1v) is 10.2. The minimum absolute atomic E-state index is 0.124. The Morgan fingerprint density at radius 2 is 2.06 bits per heavy atom. The fourth-order valence-corrected chi connectivity index (χ4v) is 3.55. The first-order chi connectivity index (χ1) is 15.1. The number of carbonyl (C=O) groups excluding carboxylic acids is 1. The van der Waals surface area contributed by atoms with Crippen LogP contribution in [0.4, 0.5) is 0 Å². The molecule has 9 heteroatoms. The van der Waals surface area contributed by atoms with Crippen molar-refractivity contribution in [3.8, 4) is 22.8 Å². The van der Waals surface area contributed by atoms with Gasteiger partial charge in [0.25, 0.3) is 11.5 Å². The van der Waals surface area contributed by atoms with Crippen LogP contribution in [0, 0.1) is 5.92 Å². The topological polar surface area (TPSA) is 100 Å². The molecule has 162 valence electrons. The highest BCUT2D eigenvalue weighted by Crippen LogP contribution is 2.30. The van der Waals surface area contributed by atoms with E-state index in [0.29, 0.717) is 40.9 Å². The normalized spacial score (nSPS) is 14.4. The summed E-state index contributed by atoms with van der Waals surface area (Å²) in [5.41, 5.74) is 1.74. The van der Waals surface area contributed by atoms with Crippen molar-refractivity contribution in [2.75, 3.05) is 26.9 Å². The number of aromatic nitrogens is 4. The summed E-state index contributed by atoms with van der Waals surface area (Å²) in [5.74, 6) is 1.26. The summed E-state index contributed by atoms with van der Waals surface area (Å²) in [7, 11) is 3.23. The second kappa shape index (κ2) is 9.13. The standard InChI is InChI=1S/C22H25N5O4/c1-26-8-5-16(11-20(26)28)18-14-25-27(22(18)30-2)19-4-3-17(13-23-19)21(29)24-12-15-6-9-31-10-7-15/h3-5,8,11,13-15H,6-7,9-10,12H2,1-2H3,(H,24,29). The summed E-state index contributed by atoms with van der Waals surface area (Å²) < 4.78 is 13.9. The van der Waals surface area contributed by atoms with Crippen molar-refractivity contribution in [1.29, 1.82) is 0 Å². The number of pyridine rings is 2. The minimum atomic E-state index is -0.154. The Balaban J connectivity index is 1.51. The number of methoxy groups -OCH3 is 1. The zero-order valence-corrected chi connectivity index (χ0v) is 17.6. The van der Waals surface area contributed by atoms with Gasteiger partial charge >= 0.3 is 0 Å². The molecule has 4 heterocycles. The van der Waals surface area contributed by atoms with Gasteiger partial charge in [0, 0.05) is 45.3 Å². The SMILES string of the molecule is COc1c(-c2ccn(C)c(=O)c2)cnn1-c1ccc(C(=O)NCC2CCOCC2)cn1. The highest BCUT2D eigenvalue weighted by molar-refractivity contribution is 5.93. The lowest BCUT2D eigenvalue weighted by Gasteiger charge is -2.22. The van der Waals surface area contributed by atoms with Crippen molar-refractivity contribution in [2.24, 2.45) is 13.0 Å². The highest BCUT2D eigenvalue weighted by Gasteiger charge is 2.18. The van der Waals surface area contributed by atoms with Gasteiger partial charge in [-0.1, -0.05) is 0 Å². The smallest absolute Gasteiger partial charge is 0.252 e.